The smallest absolute Gasteiger partial charge is 0.255 e. The molecule has 5 nitrogen and oxygen atoms in total. The van der Waals surface area contributed by atoms with Crippen molar-refractivity contribution < 1.29 is 9.59 Å². The van der Waals surface area contributed by atoms with Crippen LogP contribution in [0.25, 0.3) is 0 Å². The molecule has 0 radical (unpaired) electrons. The Labute approximate surface area is 168 Å². The van der Waals surface area contributed by atoms with E-state index in [1.54, 1.807) is 0 Å². The molecule has 2 N–H and O–H groups in total. The predicted octanol–water partition coefficient (Wildman–Crippen LogP) is 2.88. The number of primary amides is 1. The van der Waals surface area contributed by atoms with Gasteiger partial charge in [0.25, 0.3) is 5.91 Å². The summed E-state index contributed by atoms with van der Waals surface area (Å²) in [5.74, 6) is -0.223. The lowest BCUT2D eigenvalue weighted by Crippen LogP contribution is -2.48. The first-order chi connectivity index (χ1) is 13.0. The van der Waals surface area contributed by atoms with Gasteiger partial charge < -0.3 is 10.6 Å². The van der Waals surface area contributed by atoms with E-state index in [9.17, 15) is 9.59 Å². The van der Waals surface area contributed by atoms with E-state index < -0.39 is 5.91 Å². The third kappa shape index (κ3) is 5.48. The molecule has 0 saturated carbocycles. The summed E-state index contributed by atoms with van der Waals surface area (Å²) < 4.78 is 0. The molecule has 0 spiro atoms. The molecule has 2 aromatic carbocycles. The average Bonchev–Trinajstić information content (AvgIpc) is 2.67. The zero-order valence-corrected chi connectivity index (χ0v) is 16.5. The molecule has 0 aliphatic carbocycles. The standard InChI is InChI=1S/C20H22ClN3O2S/c21-16-5-3-4-15(12-16)13-23-8-10-24(11-9-23)20(26)17-6-1-2-7-18(17)27-14-19(22)25/h1-7,12H,8-11,13-14H2,(H2,22,25). The Balaban J connectivity index is 1.59. The minimum absolute atomic E-state index is 0.00461. The van der Waals surface area contributed by atoms with E-state index in [1.807, 2.05) is 47.4 Å². The van der Waals surface area contributed by atoms with Crippen molar-refractivity contribution in [3.63, 3.8) is 0 Å². The topological polar surface area (TPSA) is 66.6 Å². The lowest BCUT2D eigenvalue weighted by Gasteiger charge is -2.35. The van der Waals surface area contributed by atoms with Crippen molar-refractivity contribution in [3.8, 4) is 0 Å². The number of hydrogen-bond acceptors (Lipinski definition) is 4. The fourth-order valence-corrected chi connectivity index (χ4v) is 4.09. The van der Waals surface area contributed by atoms with E-state index in [1.165, 1.54) is 17.3 Å². The summed E-state index contributed by atoms with van der Waals surface area (Å²) in [4.78, 5) is 29.0. The summed E-state index contributed by atoms with van der Waals surface area (Å²) in [5.41, 5.74) is 7.04. The van der Waals surface area contributed by atoms with Crippen molar-refractivity contribution >= 4 is 35.2 Å². The largest absolute Gasteiger partial charge is 0.369 e. The number of nitrogens with zero attached hydrogens (tertiary/aromatic N) is 2. The highest BCUT2D eigenvalue weighted by molar-refractivity contribution is 8.00. The third-order valence-corrected chi connectivity index (χ3v) is 5.77. The van der Waals surface area contributed by atoms with Gasteiger partial charge in [0.2, 0.25) is 5.91 Å². The molecule has 0 unspecified atom stereocenters. The molecule has 7 heteroatoms. The molecule has 0 bridgehead atoms. The van der Waals surface area contributed by atoms with Gasteiger partial charge in [-0.15, -0.1) is 11.8 Å². The van der Waals surface area contributed by atoms with Crippen LogP contribution in [0.4, 0.5) is 0 Å². The number of benzene rings is 2. The number of nitrogens with two attached hydrogens (primary N) is 1. The summed E-state index contributed by atoms with van der Waals surface area (Å²) in [5, 5.41) is 0.742. The first-order valence-corrected chi connectivity index (χ1v) is 10.2. The minimum Gasteiger partial charge on any atom is -0.369 e. The highest BCUT2D eigenvalue weighted by Crippen LogP contribution is 2.24. The first kappa shape index (κ1) is 19.7. The first-order valence-electron chi connectivity index (χ1n) is 8.79. The summed E-state index contributed by atoms with van der Waals surface area (Å²) in [6, 6.07) is 15.2. The Morgan fingerprint density at radius 2 is 1.78 bits per heavy atom. The molecular weight excluding hydrogens is 382 g/mol. The van der Waals surface area contributed by atoms with Gasteiger partial charge in [0.15, 0.2) is 0 Å². The Hall–Kier alpha value is -2.02. The van der Waals surface area contributed by atoms with Crippen LogP contribution in [0, 0.1) is 0 Å². The molecule has 0 atom stereocenters. The van der Waals surface area contributed by atoms with Gasteiger partial charge in [-0.25, -0.2) is 0 Å². The Kier molecular flexibility index (Phi) is 6.77. The lowest BCUT2D eigenvalue weighted by molar-refractivity contribution is -0.115. The maximum Gasteiger partial charge on any atom is 0.255 e. The van der Waals surface area contributed by atoms with E-state index in [0.717, 1.165) is 29.6 Å². The molecule has 2 aromatic rings. The number of amides is 2. The van der Waals surface area contributed by atoms with Crippen LogP contribution in [-0.4, -0.2) is 53.5 Å². The van der Waals surface area contributed by atoms with Gasteiger partial charge in [0.1, 0.15) is 0 Å². The van der Waals surface area contributed by atoms with Crippen LogP contribution in [0.15, 0.2) is 53.4 Å². The van der Waals surface area contributed by atoms with Crippen molar-refractivity contribution in [3.05, 3.63) is 64.7 Å². The number of carbonyl (C=O) groups is 2. The minimum atomic E-state index is -0.392. The SMILES string of the molecule is NC(=O)CSc1ccccc1C(=O)N1CCN(Cc2cccc(Cl)c2)CC1. The molecular formula is C20H22ClN3O2S. The highest BCUT2D eigenvalue weighted by Gasteiger charge is 2.24. The van der Waals surface area contributed by atoms with Gasteiger partial charge in [-0.3, -0.25) is 14.5 Å². The van der Waals surface area contributed by atoms with Crippen molar-refractivity contribution in [2.45, 2.75) is 11.4 Å². The Morgan fingerprint density at radius 3 is 2.48 bits per heavy atom. The second-order valence-electron chi connectivity index (χ2n) is 6.45. The number of halogens is 1. The third-order valence-electron chi connectivity index (χ3n) is 4.44. The molecule has 2 amide bonds. The molecule has 1 heterocycles. The zero-order chi connectivity index (χ0) is 19.2. The van der Waals surface area contributed by atoms with Gasteiger partial charge >= 0.3 is 0 Å². The second-order valence-corrected chi connectivity index (χ2v) is 7.90. The molecule has 1 aliphatic rings. The van der Waals surface area contributed by atoms with E-state index in [0.29, 0.717) is 18.7 Å². The van der Waals surface area contributed by atoms with Gasteiger partial charge in [0.05, 0.1) is 11.3 Å². The van der Waals surface area contributed by atoms with E-state index >= 15 is 0 Å². The zero-order valence-electron chi connectivity index (χ0n) is 14.9. The van der Waals surface area contributed by atoms with Crippen LogP contribution in [0.5, 0.6) is 0 Å². The maximum absolute atomic E-state index is 12.9. The predicted molar refractivity (Wildman–Crippen MR) is 109 cm³/mol. The van der Waals surface area contributed by atoms with E-state index in [4.69, 9.17) is 17.3 Å². The van der Waals surface area contributed by atoms with Crippen LogP contribution in [-0.2, 0) is 11.3 Å². The molecule has 1 fully saturated rings. The van der Waals surface area contributed by atoms with Crippen LogP contribution in [0.1, 0.15) is 15.9 Å². The lowest BCUT2D eigenvalue weighted by atomic mass is 10.1. The van der Waals surface area contributed by atoms with E-state index in [2.05, 4.69) is 11.0 Å². The molecule has 27 heavy (non-hydrogen) atoms. The maximum atomic E-state index is 12.9. The molecule has 1 aliphatic heterocycles. The normalized spacial score (nSPS) is 14.9. The monoisotopic (exact) mass is 403 g/mol. The summed E-state index contributed by atoms with van der Waals surface area (Å²) in [6.45, 7) is 3.81. The highest BCUT2D eigenvalue weighted by atomic mass is 35.5. The van der Waals surface area contributed by atoms with Crippen LogP contribution in [0.3, 0.4) is 0 Å². The van der Waals surface area contributed by atoms with Gasteiger partial charge in [-0.05, 0) is 29.8 Å². The van der Waals surface area contributed by atoms with E-state index in [-0.39, 0.29) is 11.7 Å². The summed E-state index contributed by atoms with van der Waals surface area (Å²) in [7, 11) is 0. The average molecular weight is 404 g/mol. The number of carbonyl (C=O) groups excluding carboxylic acids is 2. The van der Waals surface area contributed by atoms with Crippen LogP contribution < -0.4 is 5.73 Å². The molecule has 142 valence electrons. The molecule has 1 saturated heterocycles. The molecule has 0 aromatic heterocycles. The quantitative estimate of drug-likeness (QED) is 0.753. The van der Waals surface area contributed by atoms with Crippen LogP contribution in [0.2, 0.25) is 5.02 Å². The number of piperazine rings is 1. The van der Waals surface area contributed by atoms with Crippen molar-refractivity contribution in [1.82, 2.24) is 9.80 Å². The summed E-state index contributed by atoms with van der Waals surface area (Å²) in [6.07, 6.45) is 0. The van der Waals surface area contributed by atoms with Crippen LogP contribution >= 0.6 is 23.4 Å². The fourth-order valence-electron chi connectivity index (χ4n) is 3.09. The summed E-state index contributed by atoms with van der Waals surface area (Å²) >= 11 is 7.36. The number of thioether (sulfide) groups is 1. The second kappa shape index (κ2) is 9.26. The molecule has 3 rings (SSSR count). The van der Waals surface area contributed by atoms with Crippen molar-refractivity contribution in [2.75, 3.05) is 31.9 Å². The fraction of sp³-hybridized carbons (Fsp3) is 0.300. The van der Waals surface area contributed by atoms with Crippen molar-refractivity contribution in [1.29, 1.82) is 0 Å². The number of hydrogen-bond donors (Lipinski definition) is 1. The van der Waals surface area contributed by atoms with Gasteiger partial charge in [-0.2, -0.15) is 0 Å². The Morgan fingerprint density at radius 1 is 1.04 bits per heavy atom. The number of rotatable bonds is 6. The Bertz CT molecular complexity index is 822. The van der Waals surface area contributed by atoms with Crippen molar-refractivity contribution in [2.24, 2.45) is 5.73 Å². The van der Waals surface area contributed by atoms with Gasteiger partial charge in [0, 0.05) is 42.6 Å². The van der Waals surface area contributed by atoms with Gasteiger partial charge in [-0.1, -0.05) is 35.9 Å².